The van der Waals surface area contributed by atoms with Crippen LogP contribution in [0.4, 0.5) is 0 Å². The van der Waals surface area contributed by atoms with E-state index in [4.69, 9.17) is 10.5 Å². The monoisotopic (exact) mass is 288 g/mol. The lowest BCUT2D eigenvalue weighted by Crippen LogP contribution is -2.17. The predicted molar refractivity (Wildman–Crippen MR) is 82.2 cm³/mol. The first-order valence-corrected chi connectivity index (χ1v) is 7.89. The molecule has 1 aliphatic rings. The van der Waals surface area contributed by atoms with E-state index in [1.807, 2.05) is 13.0 Å². The first-order chi connectivity index (χ1) is 9.63. The van der Waals surface area contributed by atoms with Crippen LogP contribution in [0.2, 0.25) is 0 Å². The van der Waals surface area contributed by atoms with Crippen molar-refractivity contribution >= 4 is 11.3 Å². The van der Waals surface area contributed by atoms with Gasteiger partial charge < -0.3 is 10.5 Å². The summed E-state index contributed by atoms with van der Waals surface area (Å²) in [5, 5.41) is 1.04. The minimum atomic E-state index is 0.192. The number of hydrogen-bond donors (Lipinski definition) is 1. The highest BCUT2D eigenvalue weighted by Gasteiger charge is 2.17. The fourth-order valence-electron chi connectivity index (χ4n) is 2.66. The van der Waals surface area contributed by atoms with Crippen molar-refractivity contribution in [2.75, 3.05) is 0 Å². The second kappa shape index (κ2) is 5.54. The molecular weight excluding hydrogens is 268 g/mol. The standard InChI is InChI=1S/C16H20N2OS/c1-10-11(2)20-16(18-10)9-19-13-6-7-14-12(8-13)4-3-5-15(14)17/h6-8,15H,3-5,9,17H2,1-2H3. The first-order valence-electron chi connectivity index (χ1n) is 7.07. The molecule has 4 heteroatoms. The number of benzene rings is 1. The number of nitrogens with two attached hydrogens (primary N) is 1. The third-order valence-electron chi connectivity index (χ3n) is 3.91. The number of hydrogen-bond acceptors (Lipinski definition) is 4. The van der Waals surface area contributed by atoms with Crippen molar-refractivity contribution in [1.82, 2.24) is 4.98 Å². The summed E-state index contributed by atoms with van der Waals surface area (Å²) in [4.78, 5) is 5.76. The van der Waals surface area contributed by atoms with Gasteiger partial charge in [-0.05, 0) is 56.4 Å². The van der Waals surface area contributed by atoms with Gasteiger partial charge in [-0.3, -0.25) is 0 Å². The summed E-state index contributed by atoms with van der Waals surface area (Å²) in [5.41, 5.74) is 9.86. The molecule has 0 aliphatic heterocycles. The van der Waals surface area contributed by atoms with Gasteiger partial charge in [0.2, 0.25) is 0 Å². The van der Waals surface area contributed by atoms with Crippen molar-refractivity contribution in [3.05, 3.63) is 44.9 Å². The van der Waals surface area contributed by atoms with Gasteiger partial charge in [-0.2, -0.15) is 0 Å². The Labute approximate surface area is 123 Å². The van der Waals surface area contributed by atoms with E-state index < -0.39 is 0 Å². The summed E-state index contributed by atoms with van der Waals surface area (Å²) in [6.07, 6.45) is 3.36. The molecule has 1 aromatic carbocycles. The molecule has 106 valence electrons. The van der Waals surface area contributed by atoms with Crippen LogP contribution >= 0.6 is 11.3 Å². The van der Waals surface area contributed by atoms with E-state index in [2.05, 4.69) is 24.0 Å². The zero-order valence-electron chi connectivity index (χ0n) is 12.0. The quantitative estimate of drug-likeness (QED) is 0.937. The number of aryl methyl sites for hydroxylation is 3. The van der Waals surface area contributed by atoms with Crippen molar-refractivity contribution in [2.45, 2.75) is 45.8 Å². The summed E-state index contributed by atoms with van der Waals surface area (Å²) in [6.45, 7) is 4.68. The zero-order valence-corrected chi connectivity index (χ0v) is 12.8. The smallest absolute Gasteiger partial charge is 0.140 e. The Morgan fingerprint density at radius 2 is 2.25 bits per heavy atom. The van der Waals surface area contributed by atoms with E-state index in [1.165, 1.54) is 22.4 Å². The molecule has 1 aliphatic carbocycles. The molecule has 3 rings (SSSR count). The maximum Gasteiger partial charge on any atom is 0.140 e. The first kappa shape index (κ1) is 13.6. The van der Waals surface area contributed by atoms with Crippen LogP contribution in [0.25, 0.3) is 0 Å². The molecular formula is C16H20N2OS. The lowest BCUT2D eigenvalue weighted by molar-refractivity contribution is 0.304. The number of aromatic nitrogens is 1. The van der Waals surface area contributed by atoms with Gasteiger partial charge >= 0.3 is 0 Å². The van der Waals surface area contributed by atoms with Crippen molar-refractivity contribution in [1.29, 1.82) is 0 Å². The van der Waals surface area contributed by atoms with Crippen LogP contribution in [-0.2, 0) is 13.0 Å². The molecule has 0 saturated heterocycles. The van der Waals surface area contributed by atoms with Crippen LogP contribution in [0, 0.1) is 13.8 Å². The Bertz CT molecular complexity index is 601. The molecule has 1 atom stereocenters. The number of rotatable bonds is 3. The molecule has 1 heterocycles. The molecule has 0 saturated carbocycles. The van der Waals surface area contributed by atoms with E-state index in [1.54, 1.807) is 11.3 Å². The molecule has 2 aromatic rings. The van der Waals surface area contributed by atoms with Gasteiger partial charge in [0.15, 0.2) is 0 Å². The molecule has 0 fully saturated rings. The molecule has 2 N–H and O–H groups in total. The molecule has 1 unspecified atom stereocenters. The van der Waals surface area contributed by atoms with Crippen molar-refractivity contribution in [3.63, 3.8) is 0 Å². The predicted octanol–water partition coefficient (Wildman–Crippen LogP) is 3.68. The Hall–Kier alpha value is -1.39. The molecule has 1 aromatic heterocycles. The highest BCUT2D eigenvalue weighted by Crippen LogP contribution is 2.31. The molecule has 0 bridgehead atoms. The highest BCUT2D eigenvalue weighted by atomic mass is 32.1. The number of thiazole rings is 1. The van der Waals surface area contributed by atoms with Crippen molar-refractivity contribution < 1.29 is 4.74 Å². The molecule has 0 amide bonds. The summed E-state index contributed by atoms with van der Waals surface area (Å²) < 4.78 is 5.87. The van der Waals surface area contributed by atoms with Gasteiger partial charge in [0.05, 0.1) is 5.69 Å². The van der Waals surface area contributed by atoms with Crippen LogP contribution in [0.15, 0.2) is 18.2 Å². The summed E-state index contributed by atoms with van der Waals surface area (Å²) in [5.74, 6) is 0.920. The summed E-state index contributed by atoms with van der Waals surface area (Å²) in [6, 6.07) is 6.48. The van der Waals surface area contributed by atoms with Crippen LogP contribution in [-0.4, -0.2) is 4.98 Å². The van der Waals surface area contributed by atoms with Gasteiger partial charge in [-0.1, -0.05) is 6.07 Å². The fourth-order valence-corrected chi connectivity index (χ4v) is 3.51. The van der Waals surface area contributed by atoms with Gasteiger partial charge in [-0.25, -0.2) is 4.98 Å². The van der Waals surface area contributed by atoms with Gasteiger partial charge in [0, 0.05) is 10.9 Å². The topological polar surface area (TPSA) is 48.1 Å². The van der Waals surface area contributed by atoms with Crippen LogP contribution in [0.5, 0.6) is 5.75 Å². The fraction of sp³-hybridized carbons (Fsp3) is 0.438. The van der Waals surface area contributed by atoms with E-state index >= 15 is 0 Å². The molecule has 0 radical (unpaired) electrons. The highest BCUT2D eigenvalue weighted by molar-refractivity contribution is 7.11. The third-order valence-corrected chi connectivity index (χ3v) is 4.96. The number of nitrogens with zero attached hydrogens (tertiary/aromatic N) is 1. The second-order valence-corrected chi connectivity index (χ2v) is 6.68. The van der Waals surface area contributed by atoms with E-state index in [0.29, 0.717) is 6.61 Å². The van der Waals surface area contributed by atoms with Gasteiger partial charge in [-0.15, -0.1) is 11.3 Å². The minimum Gasteiger partial charge on any atom is -0.486 e. The summed E-state index contributed by atoms with van der Waals surface area (Å²) >= 11 is 1.71. The second-order valence-electron chi connectivity index (χ2n) is 5.40. The third kappa shape index (κ3) is 2.72. The Morgan fingerprint density at radius 1 is 1.40 bits per heavy atom. The zero-order chi connectivity index (χ0) is 14.1. The van der Waals surface area contributed by atoms with E-state index in [0.717, 1.165) is 29.3 Å². The van der Waals surface area contributed by atoms with Crippen LogP contribution in [0.3, 0.4) is 0 Å². The molecule has 20 heavy (non-hydrogen) atoms. The Balaban J connectivity index is 1.72. The van der Waals surface area contributed by atoms with Gasteiger partial charge in [0.25, 0.3) is 0 Å². The number of fused-ring (bicyclic) bond motifs is 1. The normalized spacial score (nSPS) is 17.9. The Morgan fingerprint density at radius 3 is 3.00 bits per heavy atom. The largest absolute Gasteiger partial charge is 0.486 e. The van der Waals surface area contributed by atoms with Crippen LogP contribution in [0.1, 0.15) is 45.6 Å². The van der Waals surface area contributed by atoms with Crippen molar-refractivity contribution in [2.24, 2.45) is 5.73 Å². The Kier molecular flexibility index (Phi) is 3.76. The van der Waals surface area contributed by atoms with Crippen LogP contribution < -0.4 is 10.5 Å². The summed E-state index contributed by atoms with van der Waals surface area (Å²) in [7, 11) is 0. The lowest BCUT2D eigenvalue weighted by atomic mass is 9.88. The maximum absolute atomic E-state index is 6.13. The lowest BCUT2D eigenvalue weighted by Gasteiger charge is -2.22. The minimum absolute atomic E-state index is 0.192. The molecule has 0 spiro atoms. The van der Waals surface area contributed by atoms with E-state index in [9.17, 15) is 0 Å². The molecule has 3 nitrogen and oxygen atoms in total. The average molecular weight is 288 g/mol. The van der Waals surface area contributed by atoms with E-state index in [-0.39, 0.29) is 6.04 Å². The van der Waals surface area contributed by atoms with Crippen molar-refractivity contribution in [3.8, 4) is 5.75 Å². The SMILES string of the molecule is Cc1nc(COc2ccc3c(c2)CCCC3N)sc1C. The van der Waals surface area contributed by atoms with Gasteiger partial charge in [0.1, 0.15) is 17.4 Å². The average Bonchev–Trinajstić information content (AvgIpc) is 2.76. The number of ether oxygens (including phenoxy) is 1. The maximum atomic E-state index is 6.13.